The summed E-state index contributed by atoms with van der Waals surface area (Å²) in [5.74, 6) is -1.72. The molecule has 12 heteroatoms. The second kappa shape index (κ2) is 27.7. The van der Waals surface area contributed by atoms with E-state index < -0.39 is 24.3 Å². The average Bonchev–Trinajstić information content (AvgIpc) is 3.46. The summed E-state index contributed by atoms with van der Waals surface area (Å²) in [5.41, 5.74) is 0. The number of hydrogen-bond donors (Lipinski definition) is 1. The minimum Gasteiger partial charge on any atom is -0.469 e. The second-order valence-electron chi connectivity index (χ2n) is 12.2. The topological polar surface area (TPSA) is 147 Å². The molecule has 1 aliphatic rings. The lowest BCUT2D eigenvalue weighted by molar-refractivity contribution is -0.153. The Hall–Kier alpha value is -2.44. The number of unbranched alkanes of at least 4 members (excludes halogenated alkanes) is 9. The monoisotopic (exact) mass is 659 g/mol. The fourth-order valence-corrected chi connectivity index (χ4v) is 5.16. The molecule has 0 aromatic carbocycles. The summed E-state index contributed by atoms with van der Waals surface area (Å²) >= 11 is 0. The molecular formula is C34H61NO11. The number of hydrogen-bond acceptors (Lipinski definition) is 12. The SMILES string of the molecule is CCCCCCCCOC(O)CCC(=O)OCC(COC(=O)CCCCCCCC(=O)OC)COC(=O)OCCC1CCCN1C. The molecule has 0 aromatic rings. The van der Waals surface area contributed by atoms with Crippen LogP contribution in [0.4, 0.5) is 4.79 Å². The number of nitrogens with zero attached hydrogens (tertiary/aromatic N) is 1. The zero-order chi connectivity index (χ0) is 33.8. The van der Waals surface area contributed by atoms with Crippen LogP contribution in [0, 0.1) is 5.92 Å². The van der Waals surface area contributed by atoms with Crippen LogP contribution >= 0.6 is 0 Å². The largest absolute Gasteiger partial charge is 0.508 e. The number of methoxy groups -OCH3 is 1. The lowest BCUT2D eigenvalue weighted by Gasteiger charge is -2.19. The van der Waals surface area contributed by atoms with Crippen molar-refractivity contribution in [2.45, 2.75) is 135 Å². The smallest absolute Gasteiger partial charge is 0.469 e. The third-order valence-corrected chi connectivity index (χ3v) is 8.13. The van der Waals surface area contributed by atoms with Crippen molar-refractivity contribution in [1.29, 1.82) is 0 Å². The van der Waals surface area contributed by atoms with Crippen LogP contribution in [0.3, 0.4) is 0 Å². The zero-order valence-electron chi connectivity index (χ0n) is 28.7. The van der Waals surface area contributed by atoms with Gasteiger partial charge in [0.2, 0.25) is 0 Å². The van der Waals surface area contributed by atoms with E-state index in [2.05, 4.69) is 23.6 Å². The summed E-state index contributed by atoms with van der Waals surface area (Å²) in [6.07, 6.45) is 12.5. The van der Waals surface area contributed by atoms with Gasteiger partial charge in [-0.05, 0) is 52.1 Å². The molecule has 12 nitrogen and oxygen atoms in total. The zero-order valence-corrected chi connectivity index (χ0v) is 28.7. The molecule has 1 N–H and O–H groups in total. The molecular weight excluding hydrogens is 598 g/mol. The lowest BCUT2D eigenvalue weighted by Crippen LogP contribution is -2.28. The third-order valence-electron chi connectivity index (χ3n) is 8.13. The van der Waals surface area contributed by atoms with Gasteiger partial charge in [0.05, 0.1) is 26.1 Å². The summed E-state index contributed by atoms with van der Waals surface area (Å²) in [6.45, 7) is 3.54. The maximum absolute atomic E-state index is 12.3. The highest BCUT2D eigenvalue weighted by atomic mass is 16.7. The van der Waals surface area contributed by atoms with Gasteiger partial charge in [0, 0.05) is 31.9 Å². The number of carbonyl (C=O) groups excluding carboxylic acids is 4. The van der Waals surface area contributed by atoms with Crippen LogP contribution in [0.5, 0.6) is 0 Å². The van der Waals surface area contributed by atoms with Gasteiger partial charge >= 0.3 is 24.1 Å². The van der Waals surface area contributed by atoms with E-state index in [1.807, 2.05) is 0 Å². The molecule has 1 fully saturated rings. The van der Waals surface area contributed by atoms with Crippen molar-refractivity contribution in [2.24, 2.45) is 5.92 Å². The van der Waals surface area contributed by atoms with Gasteiger partial charge in [-0.1, -0.05) is 58.3 Å². The van der Waals surface area contributed by atoms with Gasteiger partial charge in [-0.3, -0.25) is 14.4 Å². The first kappa shape index (κ1) is 41.6. The summed E-state index contributed by atoms with van der Waals surface area (Å²) in [7, 11) is 3.43. The van der Waals surface area contributed by atoms with E-state index in [0.29, 0.717) is 25.5 Å². The maximum atomic E-state index is 12.3. The fourth-order valence-electron chi connectivity index (χ4n) is 5.16. The van der Waals surface area contributed by atoms with Crippen LogP contribution in [-0.4, -0.2) is 100 Å². The molecule has 0 spiro atoms. The Balaban J connectivity index is 2.37. The number of carbonyl (C=O) groups is 4. The van der Waals surface area contributed by atoms with Gasteiger partial charge in [-0.25, -0.2) is 4.79 Å². The highest BCUT2D eigenvalue weighted by Gasteiger charge is 2.22. The van der Waals surface area contributed by atoms with Crippen molar-refractivity contribution < 1.29 is 52.7 Å². The molecule has 0 saturated carbocycles. The average molecular weight is 660 g/mol. The van der Waals surface area contributed by atoms with Gasteiger partial charge in [-0.15, -0.1) is 0 Å². The van der Waals surface area contributed by atoms with E-state index in [1.54, 1.807) is 0 Å². The number of aliphatic hydroxyl groups excluding tert-OH is 1. The van der Waals surface area contributed by atoms with Gasteiger partial charge in [0.25, 0.3) is 0 Å². The first-order valence-electron chi connectivity index (χ1n) is 17.4. The van der Waals surface area contributed by atoms with Crippen molar-refractivity contribution in [3.63, 3.8) is 0 Å². The summed E-state index contributed by atoms with van der Waals surface area (Å²) in [6, 6.07) is 0.388. The van der Waals surface area contributed by atoms with Crippen LogP contribution in [0.25, 0.3) is 0 Å². The molecule has 0 aliphatic carbocycles. The van der Waals surface area contributed by atoms with Crippen LogP contribution in [0.2, 0.25) is 0 Å². The normalized spacial score (nSPS) is 16.0. The van der Waals surface area contributed by atoms with Crippen molar-refractivity contribution >= 4 is 24.1 Å². The van der Waals surface area contributed by atoms with Gasteiger partial charge in [0.15, 0.2) is 6.29 Å². The maximum Gasteiger partial charge on any atom is 0.508 e. The minimum absolute atomic E-state index is 0.0394. The van der Waals surface area contributed by atoms with Gasteiger partial charge in [0.1, 0.15) is 19.8 Å². The summed E-state index contributed by atoms with van der Waals surface area (Å²) < 4.78 is 31.3. The predicted molar refractivity (Wildman–Crippen MR) is 172 cm³/mol. The fraction of sp³-hybridized carbons (Fsp3) is 0.882. The Morgan fingerprint density at radius 3 is 1.96 bits per heavy atom. The minimum atomic E-state index is -1.05. The first-order valence-corrected chi connectivity index (χ1v) is 17.4. The number of likely N-dealkylation sites (tertiary alicyclic amines) is 1. The molecule has 268 valence electrons. The molecule has 0 amide bonds. The molecule has 1 rings (SSSR count). The van der Waals surface area contributed by atoms with Crippen molar-refractivity contribution in [3.05, 3.63) is 0 Å². The van der Waals surface area contributed by atoms with Crippen LogP contribution < -0.4 is 0 Å². The predicted octanol–water partition coefficient (Wildman–Crippen LogP) is 5.71. The number of ether oxygens (including phenoxy) is 6. The van der Waals surface area contributed by atoms with E-state index in [0.717, 1.165) is 70.8 Å². The molecule has 46 heavy (non-hydrogen) atoms. The van der Waals surface area contributed by atoms with Gasteiger partial charge in [-0.2, -0.15) is 0 Å². The molecule has 0 bridgehead atoms. The molecule has 0 radical (unpaired) electrons. The lowest BCUT2D eigenvalue weighted by atomic mass is 10.1. The standard InChI is InChI=1S/C34H61NO11/c1-4-5-6-7-11-14-23-42-32(38)19-20-33(39)45-26-28(27-46-34(40)43-24-21-29-16-15-22-35(29)2)25-44-31(37)18-13-10-8-9-12-17-30(36)41-3/h28-29,32,38H,4-27H2,1-3H3. The molecule has 3 unspecified atom stereocenters. The van der Waals surface area contributed by atoms with E-state index in [4.69, 9.17) is 23.7 Å². The van der Waals surface area contributed by atoms with Gasteiger partial charge < -0.3 is 38.4 Å². The van der Waals surface area contributed by atoms with E-state index in [1.165, 1.54) is 26.4 Å². The second-order valence-corrected chi connectivity index (χ2v) is 12.2. The van der Waals surface area contributed by atoms with Crippen molar-refractivity contribution in [1.82, 2.24) is 4.90 Å². The molecule has 1 aliphatic heterocycles. The number of rotatable bonds is 28. The quantitative estimate of drug-likeness (QED) is 0.0475. The van der Waals surface area contributed by atoms with Crippen LogP contribution in [0.15, 0.2) is 0 Å². The van der Waals surface area contributed by atoms with E-state index in [9.17, 15) is 24.3 Å². The van der Waals surface area contributed by atoms with E-state index >= 15 is 0 Å². The number of esters is 3. The molecule has 1 saturated heterocycles. The molecule has 3 atom stereocenters. The Bertz CT molecular complexity index is 825. The Labute approximate surface area is 276 Å². The first-order chi connectivity index (χ1) is 22.2. The highest BCUT2D eigenvalue weighted by molar-refractivity contribution is 5.70. The summed E-state index contributed by atoms with van der Waals surface area (Å²) in [5, 5.41) is 10.0. The molecule has 1 heterocycles. The van der Waals surface area contributed by atoms with Crippen LogP contribution in [0.1, 0.15) is 122 Å². The highest BCUT2D eigenvalue weighted by Crippen LogP contribution is 2.18. The van der Waals surface area contributed by atoms with Crippen molar-refractivity contribution in [3.8, 4) is 0 Å². The Morgan fingerprint density at radius 1 is 0.739 bits per heavy atom. The van der Waals surface area contributed by atoms with E-state index in [-0.39, 0.29) is 57.6 Å². The van der Waals surface area contributed by atoms with Crippen LogP contribution in [-0.2, 0) is 42.8 Å². The molecule has 0 aromatic heterocycles. The van der Waals surface area contributed by atoms with Crippen molar-refractivity contribution in [2.75, 3.05) is 53.7 Å². The Kier molecular flexibility index (Phi) is 25.0. The number of aliphatic hydroxyl groups is 1. The third kappa shape index (κ3) is 23.0. The Morgan fingerprint density at radius 2 is 1.33 bits per heavy atom. The summed E-state index contributed by atoms with van der Waals surface area (Å²) in [4.78, 5) is 50.3.